The Morgan fingerprint density at radius 3 is 2.49 bits per heavy atom. The van der Waals surface area contributed by atoms with Crippen molar-refractivity contribution < 1.29 is 19.1 Å². The highest BCUT2D eigenvalue weighted by Crippen LogP contribution is 2.36. The monoisotopic (exact) mass is 605 g/mol. The van der Waals surface area contributed by atoms with Gasteiger partial charge >= 0.3 is 0 Å². The Hall–Kier alpha value is -3.07. The van der Waals surface area contributed by atoms with Crippen molar-refractivity contribution in [1.29, 1.82) is 0 Å². The fourth-order valence-electron chi connectivity index (χ4n) is 3.30. The molecule has 0 aliphatic heterocycles. The number of nitrogens with one attached hydrogen (secondary N) is 2. The predicted molar refractivity (Wildman–Crippen MR) is 151 cm³/mol. The second kappa shape index (κ2) is 14.0. The first-order valence-electron chi connectivity index (χ1n) is 11.5. The van der Waals surface area contributed by atoms with E-state index in [9.17, 15) is 9.59 Å². The number of hydrogen-bond acceptors (Lipinski definition) is 5. The first-order chi connectivity index (χ1) is 17.8. The summed E-state index contributed by atoms with van der Waals surface area (Å²) in [5.41, 5.74) is 5.39. The SMILES string of the molecule is CCCCc1ccc(C(=O)N/N=C/c2cc(Br)c(OCC(=O)Nc3ccc(Cl)c(Cl)c3)c(OC)c2)cc1. The van der Waals surface area contributed by atoms with Crippen molar-refractivity contribution in [3.63, 3.8) is 0 Å². The van der Waals surface area contributed by atoms with E-state index in [1.165, 1.54) is 18.9 Å². The Kier molecular flexibility index (Phi) is 10.8. The van der Waals surface area contributed by atoms with E-state index in [-0.39, 0.29) is 18.4 Å². The van der Waals surface area contributed by atoms with Crippen LogP contribution in [0.2, 0.25) is 10.0 Å². The molecule has 0 saturated heterocycles. The fraction of sp³-hybridized carbons (Fsp3) is 0.222. The van der Waals surface area contributed by atoms with Crippen molar-refractivity contribution in [2.45, 2.75) is 26.2 Å². The Balaban J connectivity index is 1.59. The molecule has 2 N–H and O–H groups in total. The first-order valence-corrected chi connectivity index (χ1v) is 13.0. The lowest BCUT2D eigenvalue weighted by atomic mass is 10.1. The van der Waals surface area contributed by atoms with E-state index >= 15 is 0 Å². The molecule has 0 saturated carbocycles. The van der Waals surface area contributed by atoms with E-state index in [0.29, 0.717) is 42.8 Å². The summed E-state index contributed by atoms with van der Waals surface area (Å²) in [4.78, 5) is 24.7. The van der Waals surface area contributed by atoms with Crippen molar-refractivity contribution in [3.8, 4) is 11.5 Å². The number of anilines is 1. The molecule has 3 rings (SSSR count). The van der Waals surface area contributed by atoms with Gasteiger partial charge in [-0.15, -0.1) is 0 Å². The number of halogens is 3. The van der Waals surface area contributed by atoms with Gasteiger partial charge in [-0.3, -0.25) is 9.59 Å². The molecule has 3 aromatic carbocycles. The van der Waals surface area contributed by atoms with Crippen molar-refractivity contribution in [2.24, 2.45) is 5.10 Å². The van der Waals surface area contributed by atoms with Gasteiger partial charge in [-0.05, 0) is 82.4 Å². The number of carbonyl (C=O) groups excluding carboxylic acids is 2. The van der Waals surface area contributed by atoms with Crippen LogP contribution < -0.4 is 20.2 Å². The lowest BCUT2D eigenvalue weighted by Gasteiger charge is -2.13. The maximum absolute atomic E-state index is 12.4. The molecule has 0 fully saturated rings. The normalized spacial score (nSPS) is 10.8. The molecular weight excluding hydrogens is 581 g/mol. The number of hydrogen-bond donors (Lipinski definition) is 2. The first kappa shape index (κ1) is 28.5. The molecule has 0 unspecified atom stereocenters. The van der Waals surface area contributed by atoms with Crippen LogP contribution in [-0.2, 0) is 11.2 Å². The molecule has 0 spiro atoms. The number of hydrazone groups is 1. The van der Waals surface area contributed by atoms with Gasteiger partial charge in [0.2, 0.25) is 0 Å². The Bertz CT molecular complexity index is 1280. The molecule has 194 valence electrons. The summed E-state index contributed by atoms with van der Waals surface area (Å²) in [6.07, 6.45) is 4.72. The minimum Gasteiger partial charge on any atom is -0.493 e. The van der Waals surface area contributed by atoms with Gasteiger partial charge in [0.1, 0.15) is 0 Å². The average molecular weight is 607 g/mol. The second-order valence-electron chi connectivity index (χ2n) is 8.00. The predicted octanol–water partition coefficient (Wildman–Crippen LogP) is 6.89. The number of aryl methyl sites for hydroxylation is 1. The van der Waals surface area contributed by atoms with E-state index in [2.05, 4.69) is 38.7 Å². The molecule has 0 radical (unpaired) electrons. The van der Waals surface area contributed by atoms with Crippen LogP contribution in [0.1, 0.15) is 41.3 Å². The van der Waals surface area contributed by atoms with Gasteiger partial charge in [-0.25, -0.2) is 5.43 Å². The molecule has 0 aliphatic rings. The molecule has 7 nitrogen and oxygen atoms in total. The van der Waals surface area contributed by atoms with Crippen LogP contribution in [-0.4, -0.2) is 31.7 Å². The second-order valence-corrected chi connectivity index (χ2v) is 9.67. The lowest BCUT2D eigenvalue weighted by Crippen LogP contribution is -2.20. The quantitative estimate of drug-likeness (QED) is 0.184. The molecule has 0 aromatic heterocycles. The van der Waals surface area contributed by atoms with E-state index in [4.69, 9.17) is 32.7 Å². The largest absolute Gasteiger partial charge is 0.493 e. The van der Waals surface area contributed by atoms with E-state index in [0.717, 1.165) is 19.3 Å². The zero-order valence-corrected chi connectivity index (χ0v) is 23.4. The number of benzene rings is 3. The van der Waals surface area contributed by atoms with Gasteiger partial charge < -0.3 is 14.8 Å². The number of rotatable bonds is 11. The summed E-state index contributed by atoms with van der Waals surface area (Å²) in [5.74, 6) is 0.0275. The van der Waals surface area contributed by atoms with Crippen LogP contribution in [0, 0.1) is 0 Å². The van der Waals surface area contributed by atoms with Crippen molar-refractivity contribution in [1.82, 2.24) is 5.43 Å². The lowest BCUT2D eigenvalue weighted by molar-refractivity contribution is -0.118. The molecule has 37 heavy (non-hydrogen) atoms. The Morgan fingerprint density at radius 2 is 1.81 bits per heavy atom. The minimum absolute atomic E-state index is 0.268. The Labute approximate surface area is 234 Å². The summed E-state index contributed by atoms with van der Waals surface area (Å²) in [6, 6.07) is 15.7. The van der Waals surface area contributed by atoms with E-state index in [1.807, 2.05) is 12.1 Å². The highest BCUT2D eigenvalue weighted by atomic mass is 79.9. The number of nitrogens with zero attached hydrogens (tertiary/aromatic N) is 1. The zero-order chi connectivity index (χ0) is 26.8. The number of unbranched alkanes of at least 4 members (excludes halogenated alkanes) is 1. The highest BCUT2D eigenvalue weighted by molar-refractivity contribution is 9.10. The topological polar surface area (TPSA) is 89.0 Å². The standard InChI is InChI=1S/C27H26BrCl2N3O4/c1-3-4-5-17-6-8-19(9-7-17)27(35)33-31-15-18-12-21(28)26(24(13-18)36-2)37-16-25(34)32-20-10-11-22(29)23(30)14-20/h6-15H,3-5,16H2,1-2H3,(H,32,34)(H,33,35)/b31-15+. The van der Waals surface area contributed by atoms with Crippen LogP contribution in [0.25, 0.3) is 0 Å². The molecule has 0 heterocycles. The van der Waals surface area contributed by atoms with Crippen LogP contribution in [0.5, 0.6) is 11.5 Å². The maximum atomic E-state index is 12.4. The van der Waals surface area contributed by atoms with E-state index in [1.54, 1.807) is 42.5 Å². The van der Waals surface area contributed by atoms with Crippen molar-refractivity contribution >= 4 is 62.8 Å². The van der Waals surface area contributed by atoms with Gasteiger partial charge in [-0.1, -0.05) is 48.7 Å². The molecule has 0 atom stereocenters. The third-order valence-electron chi connectivity index (χ3n) is 5.22. The Morgan fingerprint density at radius 1 is 1.05 bits per heavy atom. The van der Waals surface area contributed by atoms with Crippen molar-refractivity contribution in [2.75, 3.05) is 19.0 Å². The minimum atomic E-state index is -0.390. The summed E-state index contributed by atoms with van der Waals surface area (Å²) in [7, 11) is 1.48. The fourth-order valence-corrected chi connectivity index (χ4v) is 4.17. The third kappa shape index (κ3) is 8.49. The van der Waals surface area contributed by atoms with Crippen LogP contribution in [0.15, 0.2) is 64.2 Å². The van der Waals surface area contributed by atoms with Crippen LogP contribution in [0.4, 0.5) is 5.69 Å². The van der Waals surface area contributed by atoms with Crippen molar-refractivity contribution in [3.05, 3.63) is 85.8 Å². The smallest absolute Gasteiger partial charge is 0.271 e. The van der Waals surface area contributed by atoms with Crippen LogP contribution in [0.3, 0.4) is 0 Å². The molecule has 10 heteroatoms. The van der Waals surface area contributed by atoms with Gasteiger partial charge in [-0.2, -0.15) is 5.10 Å². The van der Waals surface area contributed by atoms with Gasteiger partial charge in [0, 0.05) is 11.3 Å². The van der Waals surface area contributed by atoms with Crippen LogP contribution >= 0.6 is 39.1 Å². The molecule has 2 amide bonds. The summed E-state index contributed by atoms with van der Waals surface area (Å²) >= 11 is 15.3. The maximum Gasteiger partial charge on any atom is 0.271 e. The third-order valence-corrected chi connectivity index (χ3v) is 6.55. The molecule has 0 bridgehead atoms. The molecule has 0 aliphatic carbocycles. The summed E-state index contributed by atoms with van der Waals surface area (Å²) in [6.45, 7) is 1.88. The summed E-state index contributed by atoms with van der Waals surface area (Å²) < 4.78 is 11.6. The van der Waals surface area contributed by atoms with Gasteiger partial charge in [0.25, 0.3) is 11.8 Å². The number of carbonyl (C=O) groups is 2. The van der Waals surface area contributed by atoms with Gasteiger partial charge in [0.05, 0.1) is 27.8 Å². The van der Waals surface area contributed by atoms with Gasteiger partial charge in [0.15, 0.2) is 18.1 Å². The summed E-state index contributed by atoms with van der Waals surface area (Å²) in [5, 5.41) is 7.46. The number of amides is 2. The molecular formula is C27H26BrCl2N3O4. The average Bonchev–Trinajstić information content (AvgIpc) is 2.89. The van der Waals surface area contributed by atoms with E-state index < -0.39 is 0 Å². The highest BCUT2D eigenvalue weighted by Gasteiger charge is 2.14. The number of methoxy groups -OCH3 is 1. The molecule has 3 aromatic rings. The number of ether oxygens (including phenoxy) is 2. The zero-order valence-electron chi connectivity index (χ0n) is 20.3.